The van der Waals surface area contributed by atoms with Gasteiger partial charge in [0.1, 0.15) is 23.3 Å². The zero-order chi connectivity index (χ0) is 24.5. The predicted molar refractivity (Wildman–Crippen MR) is 147 cm³/mol. The molecule has 178 valence electrons. The van der Waals surface area contributed by atoms with Gasteiger partial charge < -0.3 is 19.4 Å². The van der Waals surface area contributed by atoms with E-state index >= 15 is 0 Å². The molecule has 2 atom stereocenters. The summed E-state index contributed by atoms with van der Waals surface area (Å²) in [5, 5.41) is 4.10. The standard InChI is InChI=1S/C28H26BrN3O2S/c1-17(2)33-20-10-8-19(9-11-20)32-27(26(31-28(32)35)23-6-4-5-15-30-23)25-14-13-24(34-25)21-12-7-18(3)16-22(21)29/h4-17,26-27H,1-3H3,(H,31,35). The highest BCUT2D eigenvalue weighted by Crippen LogP contribution is 2.43. The molecular weight excluding hydrogens is 522 g/mol. The summed E-state index contributed by atoms with van der Waals surface area (Å²) < 4.78 is 13.3. The SMILES string of the molecule is Cc1ccc(-c2ccc(C3C(c4ccccn4)NC(=S)N3c3ccc(OC(C)C)cc3)o2)c(Br)c1. The number of aromatic nitrogens is 1. The molecule has 1 fully saturated rings. The fourth-order valence-electron chi connectivity index (χ4n) is 4.36. The van der Waals surface area contributed by atoms with Crippen LogP contribution in [0.5, 0.6) is 5.75 Å². The smallest absolute Gasteiger partial charge is 0.174 e. The highest BCUT2D eigenvalue weighted by atomic mass is 79.9. The van der Waals surface area contributed by atoms with Gasteiger partial charge in [0.05, 0.1) is 17.8 Å². The fraction of sp³-hybridized carbons (Fsp3) is 0.214. The van der Waals surface area contributed by atoms with Crippen LogP contribution >= 0.6 is 28.1 Å². The van der Waals surface area contributed by atoms with Crippen molar-refractivity contribution in [2.75, 3.05) is 4.90 Å². The van der Waals surface area contributed by atoms with E-state index in [2.05, 4.69) is 56.3 Å². The maximum atomic E-state index is 6.48. The van der Waals surface area contributed by atoms with Crippen LogP contribution in [0.4, 0.5) is 5.69 Å². The average molecular weight is 549 g/mol. The highest BCUT2D eigenvalue weighted by Gasteiger charge is 2.42. The van der Waals surface area contributed by atoms with E-state index in [0.717, 1.165) is 38.7 Å². The molecule has 1 aliphatic heterocycles. The molecule has 0 radical (unpaired) electrons. The second-order valence-corrected chi connectivity index (χ2v) is 10.1. The minimum absolute atomic E-state index is 0.110. The van der Waals surface area contributed by atoms with E-state index in [4.69, 9.17) is 21.4 Å². The zero-order valence-corrected chi connectivity index (χ0v) is 22.1. The van der Waals surface area contributed by atoms with Gasteiger partial charge in [0.25, 0.3) is 0 Å². The van der Waals surface area contributed by atoms with Crippen LogP contribution in [-0.2, 0) is 0 Å². The summed E-state index contributed by atoms with van der Waals surface area (Å²) in [6, 6.07) is 23.8. The number of pyridine rings is 1. The van der Waals surface area contributed by atoms with E-state index in [9.17, 15) is 0 Å². The van der Waals surface area contributed by atoms with Gasteiger partial charge in [-0.1, -0.05) is 28.1 Å². The van der Waals surface area contributed by atoms with Crippen LogP contribution in [0.15, 0.2) is 87.9 Å². The Morgan fingerprint density at radius 1 is 1.06 bits per heavy atom. The van der Waals surface area contributed by atoms with E-state index in [-0.39, 0.29) is 18.2 Å². The van der Waals surface area contributed by atoms with Crippen LogP contribution in [0, 0.1) is 6.92 Å². The highest BCUT2D eigenvalue weighted by molar-refractivity contribution is 9.10. The molecule has 2 unspecified atom stereocenters. The number of anilines is 1. The normalized spacial score (nSPS) is 17.6. The number of hydrogen-bond acceptors (Lipinski definition) is 4. The molecule has 7 heteroatoms. The second-order valence-electron chi connectivity index (χ2n) is 8.84. The van der Waals surface area contributed by atoms with Crippen LogP contribution in [0.2, 0.25) is 0 Å². The number of ether oxygens (including phenoxy) is 1. The van der Waals surface area contributed by atoms with Gasteiger partial charge in [0.2, 0.25) is 0 Å². The minimum atomic E-state index is -0.216. The molecule has 0 aliphatic carbocycles. The number of aryl methyl sites for hydroxylation is 1. The molecule has 3 heterocycles. The summed E-state index contributed by atoms with van der Waals surface area (Å²) in [5.41, 5.74) is 4.05. The van der Waals surface area contributed by atoms with Crippen LogP contribution < -0.4 is 15.0 Å². The molecule has 0 bridgehead atoms. The largest absolute Gasteiger partial charge is 0.491 e. The predicted octanol–water partition coefficient (Wildman–Crippen LogP) is 7.38. The Bertz CT molecular complexity index is 1340. The summed E-state index contributed by atoms with van der Waals surface area (Å²) in [5.74, 6) is 2.42. The Labute approximate surface area is 219 Å². The van der Waals surface area contributed by atoms with Crippen LogP contribution in [-0.4, -0.2) is 16.2 Å². The Balaban J connectivity index is 1.56. The van der Waals surface area contributed by atoms with Crippen molar-refractivity contribution in [2.45, 2.75) is 39.0 Å². The number of benzene rings is 2. The van der Waals surface area contributed by atoms with E-state index in [1.54, 1.807) is 6.20 Å². The average Bonchev–Trinajstić information content (AvgIpc) is 3.44. The maximum Gasteiger partial charge on any atom is 0.174 e. The molecule has 0 saturated carbocycles. The van der Waals surface area contributed by atoms with Gasteiger partial charge >= 0.3 is 0 Å². The Morgan fingerprint density at radius 2 is 1.86 bits per heavy atom. The molecule has 35 heavy (non-hydrogen) atoms. The van der Waals surface area contributed by atoms with Crippen molar-refractivity contribution in [1.29, 1.82) is 0 Å². The first kappa shape index (κ1) is 23.6. The van der Waals surface area contributed by atoms with Gasteiger partial charge in [0, 0.05) is 21.9 Å². The molecular formula is C28H26BrN3O2S. The number of halogens is 1. The summed E-state index contributed by atoms with van der Waals surface area (Å²) in [6.07, 6.45) is 1.91. The zero-order valence-electron chi connectivity index (χ0n) is 19.7. The number of hydrogen-bond donors (Lipinski definition) is 1. The van der Waals surface area contributed by atoms with Crippen molar-refractivity contribution in [3.63, 3.8) is 0 Å². The number of nitrogens with one attached hydrogen (secondary N) is 1. The third-order valence-corrected chi connectivity index (χ3v) is 6.86. The molecule has 5 nitrogen and oxygen atoms in total. The Kier molecular flexibility index (Phi) is 6.62. The monoisotopic (exact) mass is 547 g/mol. The summed E-state index contributed by atoms with van der Waals surface area (Å²) in [6.45, 7) is 6.10. The molecule has 5 rings (SSSR count). The van der Waals surface area contributed by atoms with Gasteiger partial charge in [-0.25, -0.2) is 0 Å². The number of nitrogens with zero attached hydrogens (tertiary/aromatic N) is 2. The lowest BCUT2D eigenvalue weighted by atomic mass is 10.0. The van der Waals surface area contributed by atoms with Gasteiger partial charge in [-0.3, -0.25) is 4.98 Å². The van der Waals surface area contributed by atoms with Crippen molar-refractivity contribution >= 4 is 38.9 Å². The van der Waals surface area contributed by atoms with E-state index in [1.807, 2.05) is 68.4 Å². The third kappa shape index (κ3) is 4.83. The Hall–Kier alpha value is -3.16. The minimum Gasteiger partial charge on any atom is -0.491 e. The third-order valence-electron chi connectivity index (χ3n) is 5.89. The van der Waals surface area contributed by atoms with Crippen molar-refractivity contribution < 1.29 is 9.15 Å². The molecule has 2 aromatic heterocycles. The van der Waals surface area contributed by atoms with Crippen molar-refractivity contribution in [2.24, 2.45) is 0 Å². The second kappa shape index (κ2) is 9.84. The molecule has 1 N–H and O–H groups in total. The quantitative estimate of drug-likeness (QED) is 0.254. The molecule has 4 aromatic rings. The molecule has 0 amide bonds. The van der Waals surface area contributed by atoms with Crippen LogP contribution in [0.1, 0.15) is 42.9 Å². The summed E-state index contributed by atoms with van der Waals surface area (Å²) in [4.78, 5) is 6.71. The van der Waals surface area contributed by atoms with Crippen molar-refractivity contribution in [1.82, 2.24) is 10.3 Å². The van der Waals surface area contributed by atoms with E-state index in [0.29, 0.717) is 5.11 Å². The topological polar surface area (TPSA) is 50.5 Å². The van der Waals surface area contributed by atoms with Gasteiger partial charge in [0.15, 0.2) is 5.11 Å². The number of rotatable bonds is 6. The van der Waals surface area contributed by atoms with E-state index < -0.39 is 0 Å². The molecule has 0 spiro atoms. The van der Waals surface area contributed by atoms with Crippen LogP contribution in [0.25, 0.3) is 11.3 Å². The fourth-order valence-corrected chi connectivity index (χ4v) is 5.39. The molecule has 2 aromatic carbocycles. The maximum absolute atomic E-state index is 6.48. The number of thiocarbonyl (C=S) groups is 1. The van der Waals surface area contributed by atoms with Gasteiger partial charge in [-0.2, -0.15) is 0 Å². The van der Waals surface area contributed by atoms with Gasteiger partial charge in [-0.15, -0.1) is 0 Å². The lowest BCUT2D eigenvalue weighted by Crippen LogP contribution is -2.29. The van der Waals surface area contributed by atoms with Crippen molar-refractivity contribution in [3.05, 3.63) is 100 Å². The van der Waals surface area contributed by atoms with Gasteiger partial charge in [-0.05, 0) is 99.2 Å². The van der Waals surface area contributed by atoms with Crippen molar-refractivity contribution in [3.8, 4) is 17.1 Å². The lowest BCUT2D eigenvalue weighted by molar-refractivity contribution is 0.242. The van der Waals surface area contributed by atoms with Crippen LogP contribution in [0.3, 0.4) is 0 Å². The number of furan rings is 1. The molecule has 1 saturated heterocycles. The Morgan fingerprint density at radius 3 is 2.54 bits per heavy atom. The molecule has 1 aliphatic rings. The summed E-state index contributed by atoms with van der Waals surface area (Å²) >= 11 is 9.50. The first-order valence-electron chi connectivity index (χ1n) is 11.5. The van der Waals surface area contributed by atoms with E-state index in [1.165, 1.54) is 5.56 Å². The summed E-state index contributed by atoms with van der Waals surface area (Å²) in [7, 11) is 0. The first-order chi connectivity index (χ1) is 16.9. The lowest BCUT2D eigenvalue weighted by Gasteiger charge is -2.26. The first-order valence-corrected chi connectivity index (χ1v) is 12.7.